The van der Waals surface area contributed by atoms with Crippen molar-refractivity contribution in [2.75, 3.05) is 6.61 Å². The van der Waals surface area contributed by atoms with E-state index in [1.54, 1.807) is 0 Å². The Morgan fingerprint density at radius 1 is 0.848 bits per heavy atom. The third-order valence-electron chi connectivity index (χ3n) is 6.88. The average molecular weight is 440 g/mol. The van der Waals surface area contributed by atoms with E-state index in [1.165, 1.54) is 0 Å². The van der Waals surface area contributed by atoms with Crippen LogP contribution in [-0.2, 0) is 27.4 Å². The van der Waals surface area contributed by atoms with Gasteiger partial charge in [-0.2, -0.15) is 0 Å². The maximum atomic E-state index is 13.1. The summed E-state index contributed by atoms with van der Waals surface area (Å²) in [4.78, 5) is 26.2. The smallest absolute Gasteiger partial charge is 0.259 e. The molecule has 1 N–H and O–H groups in total. The van der Waals surface area contributed by atoms with Crippen molar-refractivity contribution in [1.29, 1.82) is 0 Å². The zero-order valence-electron chi connectivity index (χ0n) is 18.5. The first-order valence-electron chi connectivity index (χ1n) is 11.5. The molecule has 4 aromatic rings. The number of benzene rings is 2. The van der Waals surface area contributed by atoms with Crippen molar-refractivity contribution in [3.8, 4) is 0 Å². The molecule has 2 aromatic heterocycles. The number of amides is 2. The van der Waals surface area contributed by atoms with E-state index in [2.05, 4.69) is 33.5 Å². The quantitative estimate of drug-likeness (QED) is 0.448. The minimum Gasteiger partial charge on any atom is -0.376 e. The zero-order valence-corrected chi connectivity index (χ0v) is 18.5. The first-order valence-corrected chi connectivity index (χ1v) is 11.5. The number of para-hydroxylation sites is 2. The SMILES string of the molecule is CC[C@@H]1CCn2cc(c3ccccc32)C2=C(C(=O)NC2=O)c2cn(c3ccccc23)CCO1. The number of aromatic nitrogens is 2. The number of fused-ring (bicyclic) bond motifs is 12. The molecule has 33 heavy (non-hydrogen) atoms. The van der Waals surface area contributed by atoms with Gasteiger partial charge < -0.3 is 13.9 Å². The predicted octanol–water partition coefficient (Wildman–Crippen LogP) is 4.36. The monoisotopic (exact) mass is 439 g/mol. The topological polar surface area (TPSA) is 65.3 Å². The molecule has 2 aliphatic rings. The summed E-state index contributed by atoms with van der Waals surface area (Å²) in [6.45, 7) is 4.21. The van der Waals surface area contributed by atoms with E-state index in [9.17, 15) is 9.59 Å². The summed E-state index contributed by atoms with van der Waals surface area (Å²) < 4.78 is 10.6. The van der Waals surface area contributed by atoms with Gasteiger partial charge in [-0.3, -0.25) is 14.9 Å². The van der Waals surface area contributed by atoms with Crippen LogP contribution in [-0.4, -0.2) is 33.7 Å². The van der Waals surface area contributed by atoms with Gasteiger partial charge in [0, 0.05) is 58.4 Å². The molecule has 0 spiro atoms. The Hall–Kier alpha value is -3.64. The molecule has 0 radical (unpaired) electrons. The lowest BCUT2D eigenvalue weighted by Gasteiger charge is -2.17. The first kappa shape index (κ1) is 20.0. The summed E-state index contributed by atoms with van der Waals surface area (Å²) in [6, 6.07) is 16.1. The van der Waals surface area contributed by atoms with Gasteiger partial charge in [0.1, 0.15) is 0 Å². The lowest BCUT2D eigenvalue weighted by atomic mass is 9.95. The number of aryl methyl sites for hydroxylation is 1. The fourth-order valence-electron chi connectivity index (χ4n) is 5.24. The Bertz CT molecular complexity index is 1460. The Balaban J connectivity index is 1.68. The lowest BCUT2D eigenvalue weighted by molar-refractivity contribution is -0.122. The van der Waals surface area contributed by atoms with Gasteiger partial charge in [-0.15, -0.1) is 0 Å². The number of imide groups is 1. The molecular weight excluding hydrogens is 414 g/mol. The van der Waals surface area contributed by atoms with Crippen molar-refractivity contribution < 1.29 is 14.3 Å². The zero-order chi connectivity index (χ0) is 22.5. The van der Waals surface area contributed by atoms with Crippen LogP contribution in [0.15, 0.2) is 60.9 Å². The van der Waals surface area contributed by atoms with Crippen molar-refractivity contribution in [1.82, 2.24) is 14.5 Å². The third-order valence-corrected chi connectivity index (χ3v) is 6.88. The Morgan fingerprint density at radius 2 is 1.39 bits per heavy atom. The highest BCUT2D eigenvalue weighted by molar-refractivity contribution is 6.50. The summed E-state index contributed by atoms with van der Waals surface area (Å²) in [6.07, 6.45) is 5.99. The van der Waals surface area contributed by atoms with Crippen molar-refractivity contribution in [2.24, 2.45) is 0 Å². The van der Waals surface area contributed by atoms with E-state index in [0.717, 1.165) is 52.3 Å². The second-order valence-electron chi connectivity index (χ2n) is 8.73. The molecule has 2 aromatic carbocycles. The molecule has 6 rings (SSSR count). The molecule has 0 saturated carbocycles. The van der Waals surface area contributed by atoms with Crippen LogP contribution in [0, 0.1) is 0 Å². The number of nitrogens with one attached hydrogen (secondary N) is 1. The minimum absolute atomic E-state index is 0.157. The average Bonchev–Trinajstić information content (AvgIpc) is 3.46. The van der Waals surface area contributed by atoms with E-state index in [0.29, 0.717) is 24.3 Å². The van der Waals surface area contributed by atoms with Crippen LogP contribution in [0.4, 0.5) is 0 Å². The van der Waals surface area contributed by atoms with Crippen LogP contribution in [0.3, 0.4) is 0 Å². The maximum absolute atomic E-state index is 13.1. The molecule has 6 heteroatoms. The van der Waals surface area contributed by atoms with Gasteiger partial charge in [0.05, 0.1) is 23.9 Å². The van der Waals surface area contributed by atoms with Crippen LogP contribution in [0.1, 0.15) is 30.9 Å². The van der Waals surface area contributed by atoms with E-state index >= 15 is 0 Å². The summed E-state index contributed by atoms with van der Waals surface area (Å²) in [7, 11) is 0. The van der Waals surface area contributed by atoms with Gasteiger partial charge in [0.2, 0.25) is 0 Å². The highest BCUT2D eigenvalue weighted by Crippen LogP contribution is 2.39. The second-order valence-corrected chi connectivity index (χ2v) is 8.73. The lowest BCUT2D eigenvalue weighted by Crippen LogP contribution is -2.22. The minimum atomic E-state index is -0.343. The standard InChI is InChI=1S/C27H25N3O3/c1-2-17-11-12-29-15-20(18-7-3-5-9-22(18)29)24-25(27(32)28-26(24)31)21-16-30(13-14-33-17)23-10-6-4-8-19(21)23/h3-10,15-17H,2,11-14H2,1H3,(H,28,31,32)/t17-/m1/s1. The van der Waals surface area contributed by atoms with Crippen molar-refractivity contribution in [3.63, 3.8) is 0 Å². The number of carbonyl (C=O) groups is 2. The molecule has 0 unspecified atom stereocenters. The maximum Gasteiger partial charge on any atom is 0.259 e. The van der Waals surface area contributed by atoms with E-state index in [-0.39, 0.29) is 17.9 Å². The van der Waals surface area contributed by atoms with Crippen LogP contribution < -0.4 is 5.32 Å². The van der Waals surface area contributed by atoms with Crippen molar-refractivity contribution in [2.45, 2.75) is 39.0 Å². The molecule has 6 nitrogen and oxygen atoms in total. The number of hydrogen-bond donors (Lipinski definition) is 1. The van der Waals surface area contributed by atoms with Gasteiger partial charge in [0.25, 0.3) is 11.8 Å². The van der Waals surface area contributed by atoms with Gasteiger partial charge >= 0.3 is 0 Å². The Labute approximate surface area is 191 Å². The highest BCUT2D eigenvalue weighted by atomic mass is 16.5. The Morgan fingerprint density at radius 3 is 1.97 bits per heavy atom. The fraction of sp³-hybridized carbons (Fsp3) is 0.259. The molecule has 166 valence electrons. The van der Waals surface area contributed by atoms with Crippen molar-refractivity contribution in [3.05, 3.63) is 72.1 Å². The van der Waals surface area contributed by atoms with Gasteiger partial charge in [-0.25, -0.2) is 0 Å². The second kappa shape index (κ2) is 7.74. The van der Waals surface area contributed by atoms with Gasteiger partial charge in [0.15, 0.2) is 0 Å². The molecule has 1 atom stereocenters. The Kier molecular flexibility index (Phi) is 4.69. The van der Waals surface area contributed by atoms with Gasteiger partial charge in [-0.1, -0.05) is 43.3 Å². The van der Waals surface area contributed by atoms with E-state index < -0.39 is 0 Å². The van der Waals surface area contributed by atoms with E-state index in [4.69, 9.17) is 4.74 Å². The third kappa shape index (κ3) is 3.13. The molecule has 2 aliphatic heterocycles. The summed E-state index contributed by atoms with van der Waals surface area (Å²) in [5, 5.41) is 4.49. The highest BCUT2D eigenvalue weighted by Gasteiger charge is 2.35. The fourth-order valence-corrected chi connectivity index (χ4v) is 5.24. The van der Waals surface area contributed by atoms with Crippen LogP contribution in [0.2, 0.25) is 0 Å². The van der Waals surface area contributed by atoms with Crippen LogP contribution in [0.5, 0.6) is 0 Å². The predicted molar refractivity (Wildman–Crippen MR) is 128 cm³/mol. The largest absolute Gasteiger partial charge is 0.376 e. The summed E-state index contributed by atoms with van der Waals surface area (Å²) >= 11 is 0. The number of nitrogens with zero attached hydrogens (tertiary/aromatic N) is 2. The molecule has 0 fully saturated rings. The summed E-state index contributed by atoms with van der Waals surface area (Å²) in [5.41, 5.74) is 4.57. The van der Waals surface area contributed by atoms with Gasteiger partial charge in [-0.05, 0) is 25.0 Å². The number of carbonyl (C=O) groups excluding carboxylic acids is 2. The summed E-state index contributed by atoms with van der Waals surface area (Å²) in [5.74, 6) is -0.680. The molecule has 4 bridgehead atoms. The molecule has 0 saturated heterocycles. The molecule has 4 heterocycles. The molecular formula is C27H25N3O3. The normalized spacial score (nSPS) is 19.1. The number of rotatable bonds is 1. The van der Waals surface area contributed by atoms with Crippen LogP contribution in [0.25, 0.3) is 33.0 Å². The van der Waals surface area contributed by atoms with E-state index in [1.807, 2.05) is 48.8 Å². The number of ether oxygens (including phenoxy) is 1. The molecule has 2 amide bonds. The van der Waals surface area contributed by atoms with Crippen LogP contribution >= 0.6 is 0 Å². The number of hydrogen-bond acceptors (Lipinski definition) is 3. The first-order chi connectivity index (χ1) is 16.2. The molecule has 0 aliphatic carbocycles. The van der Waals surface area contributed by atoms with Crippen molar-refractivity contribution >= 4 is 44.8 Å².